The Kier molecular flexibility index (Phi) is 5.86. The second-order valence-corrected chi connectivity index (χ2v) is 7.85. The van der Waals surface area contributed by atoms with Gasteiger partial charge in [0, 0.05) is 6.54 Å². The third-order valence-corrected chi connectivity index (χ3v) is 5.57. The van der Waals surface area contributed by atoms with Gasteiger partial charge in [-0.3, -0.25) is 4.90 Å². The van der Waals surface area contributed by atoms with Crippen LogP contribution in [0.3, 0.4) is 0 Å². The van der Waals surface area contributed by atoms with E-state index in [1.807, 2.05) is 18.2 Å². The van der Waals surface area contributed by atoms with Crippen LogP contribution < -0.4 is 16.2 Å². The number of anilines is 2. The van der Waals surface area contributed by atoms with Crippen molar-refractivity contribution in [1.82, 2.24) is 14.9 Å². The molecule has 4 N–H and O–H groups in total. The molecule has 0 spiro atoms. The summed E-state index contributed by atoms with van der Waals surface area (Å²) in [5, 5.41) is 0.652. The lowest BCUT2D eigenvalue weighted by Gasteiger charge is -2.32. The summed E-state index contributed by atoms with van der Waals surface area (Å²) in [6, 6.07) is 11.0. The van der Waals surface area contributed by atoms with Gasteiger partial charge in [-0.1, -0.05) is 24.3 Å². The van der Waals surface area contributed by atoms with Gasteiger partial charge in [0.25, 0.3) is 0 Å². The van der Waals surface area contributed by atoms with Gasteiger partial charge in [0.15, 0.2) is 0 Å². The predicted octanol–water partition coefficient (Wildman–Crippen LogP) is 4.10. The monoisotopic (exact) mass is 431 g/mol. The maximum Gasteiger partial charge on any atom is 0.416 e. The Balaban J connectivity index is 1.33. The van der Waals surface area contributed by atoms with E-state index in [4.69, 9.17) is 16.2 Å². The molecule has 1 aliphatic rings. The summed E-state index contributed by atoms with van der Waals surface area (Å²) < 4.78 is 44.8. The van der Waals surface area contributed by atoms with Crippen LogP contribution in [0.5, 0.6) is 5.75 Å². The maximum atomic E-state index is 12.9. The van der Waals surface area contributed by atoms with E-state index in [0.717, 1.165) is 32.0 Å². The number of nitrogens with two attached hydrogens (primary N) is 2. The van der Waals surface area contributed by atoms with E-state index in [9.17, 15) is 13.2 Å². The van der Waals surface area contributed by atoms with Gasteiger partial charge in [0.05, 0.1) is 23.1 Å². The maximum absolute atomic E-state index is 12.9. The minimum Gasteiger partial charge on any atom is -0.492 e. The number of halogens is 3. The van der Waals surface area contributed by atoms with Gasteiger partial charge in [-0.05, 0) is 55.6 Å². The number of likely N-dealkylation sites (tertiary alicyclic amines) is 1. The number of ether oxygens (including phenoxy) is 1. The Morgan fingerprint density at radius 1 is 1.03 bits per heavy atom. The molecule has 0 saturated carbocycles. The molecule has 0 atom stereocenters. The van der Waals surface area contributed by atoms with Crippen molar-refractivity contribution in [3.05, 3.63) is 53.6 Å². The molecule has 0 unspecified atom stereocenters. The number of nitrogens with zero attached hydrogens (tertiary/aromatic N) is 3. The summed E-state index contributed by atoms with van der Waals surface area (Å²) in [5.41, 5.74) is 12.4. The number of hydrogen-bond donors (Lipinski definition) is 2. The number of rotatable bonds is 5. The molecule has 2 heterocycles. The van der Waals surface area contributed by atoms with Crippen molar-refractivity contribution in [2.75, 3.05) is 31.2 Å². The van der Waals surface area contributed by atoms with Crippen LogP contribution in [0.15, 0.2) is 42.5 Å². The lowest BCUT2D eigenvalue weighted by atomic mass is 9.97. The topological polar surface area (TPSA) is 90.3 Å². The van der Waals surface area contributed by atoms with E-state index in [1.165, 1.54) is 12.1 Å². The zero-order valence-corrected chi connectivity index (χ0v) is 16.9. The third-order valence-electron chi connectivity index (χ3n) is 5.57. The van der Waals surface area contributed by atoms with E-state index >= 15 is 0 Å². The lowest BCUT2D eigenvalue weighted by molar-refractivity contribution is -0.137. The third kappa shape index (κ3) is 4.99. The minimum atomic E-state index is -4.32. The second kappa shape index (κ2) is 8.58. The summed E-state index contributed by atoms with van der Waals surface area (Å²) in [5.74, 6) is 1.38. The number of benzene rings is 2. The van der Waals surface area contributed by atoms with Crippen LogP contribution >= 0.6 is 0 Å². The van der Waals surface area contributed by atoms with Gasteiger partial charge in [-0.25, -0.2) is 4.98 Å². The summed E-state index contributed by atoms with van der Waals surface area (Å²) in [6.45, 7) is 2.65. The molecule has 6 nitrogen and oxygen atoms in total. The predicted molar refractivity (Wildman–Crippen MR) is 113 cm³/mol. The van der Waals surface area contributed by atoms with Crippen LogP contribution in [-0.2, 0) is 12.7 Å². The van der Waals surface area contributed by atoms with Crippen molar-refractivity contribution in [1.29, 1.82) is 0 Å². The minimum absolute atomic E-state index is 0.121. The molecule has 1 aliphatic heterocycles. The second-order valence-electron chi connectivity index (χ2n) is 7.85. The van der Waals surface area contributed by atoms with E-state index in [1.54, 1.807) is 6.07 Å². The van der Waals surface area contributed by atoms with Crippen molar-refractivity contribution >= 4 is 22.7 Å². The van der Waals surface area contributed by atoms with Crippen LogP contribution in [0.1, 0.15) is 24.0 Å². The van der Waals surface area contributed by atoms with Crippen LogP contribution in [-0.4, -0.2) is 34.6 Å². The van der Waals surface area contributed by atoms with Crippen molar-refractivity contribution < 1.29 is 17.9 Å². The summed E-state index contributed by atoms with van der Waals surface area (Å²) >= 11 is 0. The van der Waals surface area contributed by atoms with Gasteiger partial charge in [0.1, 0.15) is 11.6 Å². The molecular weight excluding hydrogens is 407 g/mol. The molecule has 1 saturated heterocycles. The summed E-state index contributed by atoms with van der Waals surface area (Å²) in [6.07, 6.45) is -2.51. The van der Waals surface area contributed by atoms with Gasteiger partial charge >= 0.3 is 6.18 Å². The first-order valence-electron chi connectivity index (χ1n) is 10.1. The van der Waals surface area contributed by atoms with E-state index in [0.29, 0.717) is 41.3 Å². The fourth-order valence-electron chi connectivity index (χ4n) is 3.94. The number of piperidine rings is 1. The molecule has 1 fully saturated rings. The first kappa shape index (κ1) is 21.2. The molecule has 31 heavy (non-hydrogen) atoms. The van der Waals surface area contributed by atoms with Gasteiger partial charge in [-0.2, -0.15) is 18.2 Å². The van der Waals surface area contributed by atoms with Gasteiger partial charge in [0.2, 0.25) is 5.95 Å². The SMILES string of the molecule is Nc1nc(N)c2c(OCC3CCN(Cc4cccc(C(F)(F)F)c4)CC3)cccc2n1. The number of hydrogen-bond acceptors (Lipinski definition) is 6. The van der Waals surface area contributed by atoms with Crippen molar-refractivity contribution in [2.24, 2.45) is 5.92 Å². The molecule has 2 aromatic carbocycles. The Labute approximate surface area is 178 Å². The smallest absolute Gasteiger partial charge is 0.416 e. The molecular formula is C22H24F3N5O. The standard InChI is InChI=1S/C22H24F3N5O/c23-22(24,25)16-4-1-3-15(11-16)12-30-9-7-14(8-10-30)13-31-18-6-2-5-17-19(18)20(26)29-21(27)28-17/h1-6,11,14H,7-10,12-13H2,(H4,26,27,28,29). The van der Waals surface area contributed by atoms with Crippen LogP contribution in [0, 0.1) is 5.92 Å². The quantitative estimate of drug-likeness (QED) is 0.632. The molecule has 9 heteroatoms. The first-order valence-corrected chi connectivity index (χ1v) is 10.1. The highest BCUT2D eigenvalue weighted by Gasteiger charge is 2.30. The van der Waals surface area contributed by atoms with E-state index in [2.05, 4.69) is 14.9 Å². The van der Waals surface area contributed by atoms with Crippen molar-refractivity contribution in [3.8, 4) is 5.75 Å². The molecule has 1 aromatic heterocycles. The van der Waals surface area contributed by atoms with Crippen LogP contribution in [0.25, 0.3) is 10.9 Å². The highest BCUT2D eigenvalue weighted by Crippen LogP contribution is 2.31. The van der Waals surface area contributed by atoms with Crippen molar-refractivity contribution in [2.45, 2.75) is 25.6 Å². The fourth-order valence-corrected chi connectivity index (χ4v) is 3.94. The number of alkyl halides is 3. The van der Waals surface area contributed by atoms with E-state index in [-0.39, 0.29) is 11.8 Å². The molecule has 0 aliphatic carbocycles. The highest BCUT2D eigenvalue weighted by molar-refractivity contribution is 5.94. The first-order chi connectivity index (χ1) is 14.8. The molecule has 0 bridgehead atoms. The highest BCUT2D eigenvalue weighted by atomic mass is 19.4. The average Bonchev–Trinajstić information content (AvgIpc) is 2.72. The summed E-state index contributed by atoms with van der Waals surface area (Å²) in [4.78, 5) is 10.4. The lowest BCUT2D eigenvalue weighted by Crippen LogP contribution is -2.35. The van der Waals surface area contributed by atoms with Gasteiger partial charge in [-0.15, -0.1) is 0 Å². The molecule has 0 amide bonds. The number of fused-ring (bicyclic) bond motifs is 1. The van der Waals surface area contributed by atoms with Crippen LogP contribution in [0.2, 0.25) is 0 Å². The molecule has 3 aromatic rings. The number of nitrogen functional groups attached to an aromatic ring is 2. The molecule has 164 valence electrons. The normalized spacial score (nSPS) is 16.0. The number of aromatic nitrogens is 2. The summed E-state index contributed by atoms with van der Waals surface area (Å²) in [7, 11) is 0. The molecule has 4 rings (SSSR count). The molecule has 0 radical (unpaired) electrons. The Morgan fingerprint density at radius 3 is 2.52 bits per heavy atom. The Morgan fingerprint density at radius 2 is 1.77 bits per heavy atom. The zero-order valence-electron chi connectivity index (χ0n) is 16.9. The Hall–Kier alpha value is -3.07. The Bertz CT molecular complexity index is 1060. The average molecular weight is 431 g/mol. The van der Waals surface area contributed by atoms with Crippen LogP contribution in [0.4, 0.5) is 24.9 Å². The van der Waals surface area contributed by atoms with E-state index < -0.39 is 11.7 Å². The largest absolute Gasteiger partial charge is 0.492 e. The van der Waals surface area contributed by atoms with Gasteiger partial charge < -0.3 is 16.2 Å². The fraction of sp³-hybridized carbons (Fsp3) is 0.364. The van der Waals surface area contributed by atoms with Crippen molar-refractivity contribution in [3.63, 3.8) is 0 Å². The zero-order chi connectivity index (χ0) is 22.0.